The number of rotatable bonds is 10. The molecule has 0 aromatic heterocycles. The van der Waals surface area contributed by atoms with Crippen LogP contribution in [0, 0.1) is 5.82 Å². The summed E-state index contributed by atoms with van der Waals surface area (Å²) in [7, 11) is 3.31. The van der Waals surface area contributed by atoms with Crippen molar-refractivity contribution >= 4 is 35.1 Å². The summed E-state index contributed by atoms with van der Waals surface area (Å²) < 4.78 is 18.3. The first-order valence-electron chi connectivity index (χ1n) is 12.6. The van der Waals surface area contributed by atoms with Crippen LogP contribution in [0.3, 0.4) is 0 Å². The third-order valence-electron chi connectivity index (χ3n) is 6.74. The molecule has 0 spiro atoms. The SMILES string of the molecule is C[NH2+]/C(=C\N(N)CCCC(=O)OC)CN1C(C)(C)CC(NC(=O)C(=O)Nc2ccc(Cl)c(F)c2)CC1(C)C. The zero-order chi connectivity index (χ0) is 28.7. The highest BCUT2D eigenvalue weighted by atomic mass is 35.5. The van der Waals surface area contributed by atoms with Gasteiger partial charge in [0.15, 0.2) is 0 Å². The number of nitrogens with one attached hydrogen (secondary N) is 2. The molecule has 212 valence electrons. The van der Waals surface area contributed by atoms with E-state index < -0.39 is 17.6 Å². The number of piperidine rings is 1. The van der Waals surface area contributed by atoms with E-state index in [-0.39, 0.29) is 33.8 Å². The summed E-state index contributed by atoms with van der Waals surface area (Å²) in [5.41, 5.74) is 0.532. The third-order valence-corrected chi connectivity index (χ3v) is 7.05. The number of quaternary nitrogens is 1. The van der Waals surface area contributed by atoms with Crippen LogP contribution < -0.4 is 21.8 Å². The number of halogens is 2. The van der Waals surface area contributed by atoms with Crippen LogP contribution in [0.2, 0.25) is 5.02 Å². The smallest absolute Gasteiger partial charge is 0.313 e. The summed E-state index contributed by atoms with van der Waals surface area (Å²) in [6.07, 6.45) is 4.00. The number of likely N-dealkylation sites (N-methyl/N-ethyl adjacent to an activating group) is 1. The van der Waals surface area contributed by atoms with E-state index in [1.807, 2.05) is 18.6 Å². The number of anilines is 1. The molecule has 6 N–H and O–H groups in total. The molecule has 0 saturated carbocycles. The zero-order valence-electron chi connectivity index (χ0n) is 23.1. The van der Waals surface area contributed by atoms with Gasteiger partial charge in [0, 0.05) is 35.8 Å². The van der Waals surface area contributed by atoms with Crippen LogP contribution in [0.4, 0.5) is 10.1 Å². The highest BCUT2D eigenvalue weighted by Gasteiger charge is 2.46. The van der Waals surface area contributed by atoms with Crippen molar-refractivity contribution in [1.29, 1.82) is 0 Å². The normalized spacial score (nSPS) is 17.6. The number of nitrogens with zero attached hydrogens (tertiary/aromatic N) is 2. The number of hydrogen-bond donors (Lipinski definition) is 4. The van der Waals surface area contributed by atoms with Crippen LogP contribution in [0.1, 0.15) is 53.4 Å². The average Bonchev–Trinajstić information content (AvgIpc) is 2.82. The lowest BCUT2D eigenvalue weighted by Crippen LogP contribution is -2.80. The van der Waals surface area contributed by atoms with Gasteiger partial charge in [-0.1, -0.05) is 11.6 Å². The Bertz CT molecular complexity index is 1030. The van der Waals surface area contributed by atoms with Gasteiger partial charge in [-0.3, -0.25) is 19.3 Å². The highest BCUT2D eigenvalue weighted by molar-refractivity contribution is 6.39. The molecule has 2 amide bonds. The Balaban J connectivity index is 2.02. The van der Waals surface area contributed by atoms with Crippen LogP contribution in [0.15, 0.2) is 30.1 Å². The van der Waals surface area contributed by atoms with Gasteiger partial charge < -0.3 is 25.7 Å². The lowest BCUT2D eigenvalue weighted by molar-refractivity contribution is -0.579. The van der Waals surface area contributed by atoms with Gasteiger partial charge in [0.2, 0.25) is 0 Å². The van der Waals surface area contributed by atoms with Gasteiger partial charge >= 0.3 is 17.8 Å². The van der Waals surface area contributed by atoms with Crippen molar-refractivity contribution in [1.82, 2.24) is 15.2 Å². The van der Waals surface area contributed by atoms with E-state index in [0.29, 0.717) is 38.8 Å². The number of ether oxygens (including phenoxy) is 1. The Morgan fingerprint density at radius 3 is 2.42 bits per heavy atom. The Hall–Kier alpha value is -2.73. The van der Waals surface area contributed by atoms with Gasteiger partial charge in [0.25, 0.3) is 0 Å². The number of methoxy groups -OCH3 is 1. The minimum Gasteiger partial charge on any atom is -0.469 e. The maximum Gasteiger partial charge on any atom is 0.313 e. The first-order chi connectivity index (χ1) is 17.7. The molecule has 0 aliphatic carbocycles. The summed E-state index contributed by atoms with van der Waals surface area (Å²) in [6.45, 7) is 9.56. The fraction of sp³-hybridized carbons (Fsp3) is 0.577. The van der Waals surface area contributed by atoms with E-state index in [1.54, 1.807) is 5.01 Å². The van der Waals surface area contributed by atoms with Crippen LogP contribution in [0.25, 0.3) is 0 Å². The molecule has 1 fully saturated rings. The molecule has 2 rings (SSSR count). The Morgan fingerprint density at radius 2 is 1.87 bits per heavy atom. The first kappa shape index (κ1) is 31.5. The highest BCUT2D eigenvalue weighted by Crippen LogP contribution is 2.38. The molecular formula is C26H41ClFN6O4+. The average molecular weight is 556 g/mol. The van der Waals surface area contributed by atoms with E-state index in [1.165, 1.54) is 19.2 Å². The molecule has 12 heteroatoms. The van der Waals surface area contributed by atoms with Crippen LogP contribution in [-0.4, -0.2) is 72.1 Å². The predicted molar refractivity (Wildman–Crippen MR) is 144 cm³/mol. The molecule has 0 atom stereocenters. The summed E-state index contributed by atoms with van der Waals surface area (Å²) in [5.74, 6) is 3.55. The molecule has 38 heavy (non-hydrogen) atoms. The second-order valence-corrected chi connectivity index (χ2v) is 11.2. The number of hydrogen-bond acceptors (Lipinski definition) is 7. The fourth-order valence-corrected chi connectivity index (χ4v) is 5.15. The van der Waals surface area contributed by atoms with Crippen LogP contribution in [-0.2, 0) is 19.1 Å². The number of likely N-dealkylation sites (tertiary alicyclic amines) is 1. The van der Waals surface area contributed by atoms with Crippen molar-refractivity contribution in [2.45, 2.75) is 70.5 Å². The van der Waals surface area contributed by atoms with E-state index >= 15 is 0 Å². The Labute approximate surface area is 229 Å². The van der Waals surface area contributed by atoms with Crippen molar-refractivity contribution in [2.24, 2.45) is 5.84 Å². The molecule has 0 unspecified atom stereocenters. The van der Waals surface area contributed by atoms with Crippen LogP contribution in [0.5, 0.6) is 0 Å². The number of amides is 2. The minimum atomic E-state index is -0.870. The topological polar surface area (TPSA) is 134 Å². The van der Waals surface area contributed by atoms with Crippen molar-refractivity contribution in [3.8, 4) is 0 Å². The minimum absolute atomic E-state index is 0.0694. The molecule has 0 radical (unpaired) electrons. The first-order valence-corrected chi connectivity index (χ1v) is 13.0. The third kappa shape index (κ3) is 8.93. The van der Waals surface area contributed by atoms with Crippen LogP contribution >= 0.6 is 11.6 Å². The standard InChI is InChI=1S/C26H40ClFN6O4/c1-25(2)13-18(32-24(37)23(36)31-17-9-10-20(27)21(28)12-17)14-26(3,4)34(25)16-19(30-5)15-33(29)11-7-8-22(35)38-6/h9-10,12,15,18,30H,7-8,11,13-14,16,29H2,1-6H3,(H,31,36)(H,32,37)/p+1/b19-15-. The predicted octanol–water partition coefficient (Wildman–Crippen LogP) is 1.72. The van der Waals surface area contributed by atoms with Crippen molar-refractivity contribution in [2.75, 3.05) is 32.6 Å². The number of carbonyl (C=O) groups excluding carboxylic acids is 3. The Morgan fingerprint density at radius 1 is 1.24 bits per heavy atom. The molecule has 1 saturated heterocycles. The summed E-state index contributed by atoms with van der Waals surface area (Å²) >= 11 is 5.67. The lowest BCUT2D eigenvalue weighted by Gasteiger charge is -2.55. The molecule has 10 nitrogen and oxygen atoms in total. The second kappa shape index (κ2) is 13.4. The molecular weight excluding hydrogens is 515 g/mol. The van der Waals surface area contributed by atoms with Crippen molar-refractivity contribution < 1.29 is 28.8 Å². The molecule has 1 aliphatic heterocycles. The van der Waals surface area contributed by atoms with E-state index in [4.69, 9.17) is 17.4 Å². The van der Waals surface area contributed by atoms with E-state index in [2.05, 4.69) is 48.0 Å². The number of carbonyl (C=O) groups is 3. The number of esters is 1. The lowest BCUT2D eigenvalue weighted by atomic mass is 9.76. The number of benzene rings is 1. The zero-order valence-corrected chi connectivity index (χ0v) is 23.8. The molecule has 1 aliphatic rings. The van der Waals surface area contributed by atoms with E-state index in [9.17, 15) is 18.8 Å². The van der Waals surface area contributed by atoms with Gasteiger partial charge in [-0.15, -0.1) is 0 Å². The maximum atomic E-state index is 13.7. The number of hydrazine groups is 1. The molecule has 1 aromatic carbocycles. The molecule has 1 heterocycles. The van der Waals surface area contributed by atoms with Gasteiger partial charge in [-0.05, 0) is 65.2 Å². The quantitative estimate of drug-likeness (QED) is 0.149. The second-order valence-electron chi connectivity index (χ2n) is 10.8. The Kier molecular flexibility index (Phi) is 11.1. The van der Waals surface area contributed by atoms with Gasteiger partial charge in [0.1, 0.15) is 11.5 Å². The van der Waals surface area contributed by atoms with Crippen molar-refractivity contribution in [3.05, 3.63) is 40.9 Å². The van der Waals surface area contributed by atoms with Gasteiger partial charge in [-0.25, -0.2) is 10.2 Å². The summed E-state index contributed by atoms with van der Waals surface area (Å²) in [5, 5.41) is 8.77. The number of nitrogens with two attached hydrogens (primary N) is 2. The molecule has 0 bridgehead atoms. The largest absolute Gasteiger partial charge is 0.469 e. The summed E-state index contributed by atoms with van der Waals surface area (Å²) in [6, 6.07) is 3.57. The fourth-order valence-electron chi connectivity index (χ4n) is 5.04. The van der Waals surface area contributed by atoms with E-state index in [0.717, 1.165) is 11.8 Å². The monoisotopic (exact) mass is 555 g/mol. The maximum absolute atomic E-state index is 13.7. The van der Waals surface area contributed by atoms with Gasteiger partial charge in [-0.2, -0.15) is 0 Å². The summed E-state index contributed by atoms with van der Waals surface area (Å²) in [4.78, 5) is 38.8. The van der Waals surface area contributed by atoms with Gasteiger partial charge in [0.05, 0.1) is 31.9 Å². The van der Waals surface area contributed by atoms with Crippen molar-refractivity contribution in [3.63, 3.8) is 0 Å². The molecule has 1 aromatic rings.